The van der Waals surface area contributed by atoms with Gasteiger partial charge in [-0.3, -0.25) is 9.59 Å². The Labute approximate surface area is 268 Å². The number of hydrogen-bond acceptors (Lipinski definition) is 7. The van der Waals surface area contributed by atoms with E-state index in [2.05, 4.69) is 15.3 Å². The Hall–Kier alpha value is -5.03. The molecule has 46 heavy (non-hydrogen) atoms. The summed E-state index contributed by atoms with van der Waals surface area (Å²) in [7, 11) is 0. The Morgan fingerprint density at radius 1 is 0.978 bits per heavy atom. The first-order valence-electron chi connectivity index (χ1n) is 15.5. The predicted octanol–water partition coefficient (Wildman–Crippen LogP) is 5.20. The summed E-state index contributed by atoms with van der Waals surface area (Å²) in [6.45, 7) is 0.868. The SMILES string of the molecule is NCC(NC(=O)OCc1ccccc1)C(=O)O.O=Cc1ccc(CN(Cc2nc3ccccc3[nH]2)C(=O)CCC2CCCC2)cc1. The maximum absolute atomic E-state index is 13.1. The van der Waals surface area contributed by atoms with Gasteiger partial charge in [-0.05, 0) is 35.6 Å². The summed E-state index contributed by atoms with van der Waals surface area (Å²) in [4.78, 5) is 55.7. The molecule has 11 heteroatoms. The smallest absolute Gasteiger partial charge is 0.408 e. The number of nitrogens with two attached hydrogens (primary N) is 1. The second kappa shape index (κ2) is 17.5. The van der Waals surface area contributed by atoms with Crippen LogP contribution >= 0.6 is 0 Å². The number of fused-ring (bicyclic) bond motifs is 1. The first-order valence-corrected chi connectivity index (χ1v) is 15.5. The molecular weight excluding hydrogens is 586 g/mol. The predicted molar refractivity (Wildman–Crippen MR) is 174 cm³/mol. The number of H-pyrrole nitrogens is 1. The van der Waals surface area contributed by atoms with Crippen LogP contribution in [0, 0.1) is 5.92 Å². The molecule has 4 aromatic rings. The van der Waals surface area contributed by atoms with Gasteiger partial charge in [-0.25, -0.2) is 14.6 Å². The monoisotopic (exact) mass is 627 g/mol. The van der Waals surface area contributed by atoms with Crippen molar-refractivity contribution in [2.24, 2.45) is 11.7 Å². The highest BCUT2D eigenvalue weighted by Gasteiger charge is 2.21. The molecule has 1 fully saturated rings. The lowest BCUT2D eigenvalue weighted by Gasteiger charge is -2.23. The van der Waals surface area contributed by atoms with Crippen molar-refractivity contribution in [1.82, 2.24) is 20.2 Å². The molecule has 0 bridgehead atoms. The van der Waals surface area contributed by atoms with E-state index in [0.717, 1.165) is 40.7 Å². The number of ether oxygens (including phenoxy) is 1. The Morgan fingerprint density at radius 3 is 2.33 bits per heavy atom. The van der Waals surface area contributed by atoms with E-state index in [4.69, 9.17) is 15.6 Å². The minimum absolute atomic E-state index is 0.0869. The first kappa shape index (κ1) is 33.9. The van der Waals surface area contributed by atoms with Gasteiger partial charge in [0.1, 0.15) is 24.8 Å². The summed E-state index contributed by atoms with van der Waals surface area (Å²) in [5, 5.41) is 10.8. The lowest BCUT2D eigenvalue weighted by Crippen LogP contribution is -2.45. The average Bonchev–Trinajstić information content (AvgIpc) is 3.75. The number of amides is 2. The maximum atomic E-state index is 13.1. The van der Waals surface area contributed by atoms with Crippen LogP contribution in [0.1, 0.15) is 65.8 Å². The van der Waals surface area contributed by atoms with E-state index >= 15 is 0 Å². The molecule has 11 nitrogen and oxygen atoms in total. The second-order valence-corrected chi connectivity index (χ2v) is 11.3. The molecule has 1 unspecified atom stereocenters. The van der Waals surface area contributed by atoms with Crippen LogP contribution in [-0.2, 0) is 34.0 Å². The van der Waals surface area contributed by atoms with E-state index in [1.165, 1.54) is 25.7 Å². The number of rotatable bonds is 13. The molecule has 1 saturated carbocycles. The highest BCUT2D eigenvalue weighted by atomic mass is 16.5. The minimum Gasteiger partial charge on any atom is -0.480 e. The number of carboxylic acid groups (broad SMARTS) is 1. The van der Waals surface area contributed by atoms with Crippen LogP contribution < -0.4 is 11.1 Å². The summed E-state index contributed by atoms with van der Waals surface area (Å²) >= 11 is 0. The van der Waals surface area contributed by atoms with Crippen molar-refractivity contribution < 1.29 is 29.0 Å². The van der Waals surface area contributed by atoms with Crippen LogP contribution in [0.25, 0.3) is 11.0 Å². The highest BCUT2D eigenvalue weighted by Crippen LogP contribution is 2.29. The van der Waals surface area contributed by atoms with E-state index in [0.29, 0.717) is 31.0 Å². The number of nitrogens with one attached hydrogen (secondary N) is 2. The van der Waals surface area contributed by atoms with Crippen LogP contribution in [-0.4, -0.2) is 56.8 Å². The summed E-state index contributed by atoms with van der Waals surface area (Å²) in [6.07, 6.45) is 6.69. The van der Waals surface area contributed by atoms with Crippen molar-refractivity contribution >= 4 is 35.3 Å². The third-order valence-electron chi connectivity index (χ3n) is 7.90. The number of para-hydroxylation sites is 2. The fourth-order valence-corrected chi connectivity index (χ4v) is 5.33. The van der Waals surface area contributed by atoms with Gasteiger partial charge in [0, 0.05) is 25.1 Å². The third kappa shape index (κ3) is 10.6. The number of nitrogens with zero attached hydrogens (tertiary/aromatic N) is 2. The number of carbonyl (C=O) groups excluding carboxylic acids is 3. The summed E-state index contributed by atoms with van der Waals surface area (Å²) in [5.74, 6) is 0.463. The summed E-state index contributed by atoms with van der Waals surface area (Å²) in [6, 6.07) is 23.3. The van der Waals surface area contributed by atoms with Gasteiger partial charge in [0.2, 0.25) is 5.91 Å². The molecule has 1 heterocycles. The summed E-state index contributed by atoms with van der Waals surface area (Å²) < 4.78 is 4.84. The number of aliphatic carboxylic acids is 1. The Morgan fingerprint density at radius 2 is 1.67 bits per heavy atom. The lowest BCUT2D eigenvalue weighted by molar-refractivity contribution is -0.139. The van der Waals surface area contributed by atoms with Crippen LogP contribution in [0.3, 0.4) is 0 Å². The van der Waals surface area contributed by atoms with Crippen molar-refractivity contribution in [3.63, 3.8) is 0 Å². The third-order valence-corrected chi connectivity index (χ3v) is 7.90. The Bertz CT molecular complexity index is 1530. The van der Waals surface area contributed by atoms with E-state index in [-0.39, 0.29) is 19.1 Å². The number of imidazole rings is 1. The standard InChI is InChI=1S/C24H27N3O2.C11H14N2O4/c28-17-20-11-9-19(10-12-20)15-27(24(29)14-13-18-5-1-2-6-18)16-23-25-21-7-3-4-8-22(21)26-23;12-6-9(10(14)15)13-11(16)17-7-8-4-2-1-3-5-8/h3-4,7-12,17-18H,1-2,5-6,13-16H2,(H,25,26);1-5,9H,6-7,12H2,(H,13,16)(H,14,15). The fraction of sp³-hybridized carbons (Fsp3) is 0.343. The first-order chi connectivity index (χ1) is 22.3. The lowest BCUT2D eigenvalue weighted by atomic mass is 10.0. The van der Waals surface area contributed by atoms with E-state index in [1.54, 1.807) is 24.3 Å². The molecule has 0 spiro atoms. The van der Waals surface area contributed by atoms with Crippen molar-refractivity contribution in [2.45, 2.75) is 64.3 Å². The van der Waals surface area contributed by atoms with Gasteiger partial charge in [0.25, 0.3) is 0 Å². The molecule has 242 valence electrons. The zero-order valence-corrected chi connectivity index (χ0v) is 25.8. The molecule has 1 aromatic heterocycles. The maximum Gasteiger partial charge on any atom is 0.408 e. The minimum atomic E-state index is -1.19. The molecule has 1 aliphatic carbocycles. The van der Waals surface area contributed by atoms with Gasteiger partial charge in [0.05, 0.1) is 17.6 Å². The zero-order chi connectivity index (χ0) is 32.7. The van der Waals surface area contributed by atoms with Gasteiger partial charge in [-0.1, -0.05) is 92.4 Å². The van der Waals surface area contributed by atoms with Gasteiger partial charge >= 0.3 is 12.1 Å². The molecule has 3 aromatic carbocycles. The Balaban J connectivity index is 0.000000242. The number of aldehydes is 1. The van der Waals surface area contributed by atoms with Crippen molar-refractivity contribution in [2.75, 3.05) is 6.54 Å². The van der Waals surface area contributed by atoms with Gasteiger partial charge < -0.3 is 30.8 Å². The molecule has 5 N–H and O–H groups in total. The van der Waals surface area contributed by atoms with Gasteiger partial charge in [0.15, 0.2) is 0 Å². The molecule has 1 aliphatic rings. The molecular formula is C35H41N5O6. The number of hydrogen-bond donors (Lipinski definition) is 4. The number of alkyl carbamates (subject to hydrolysis) is 1. The van der Waals surface area contributed by atoms with Crippen molar-refractivity contribution in [3.8, 4) is 0 Å². The quantitative estimate of drug-likeness (QED) is 0.147. The van der Waals surface area contributed by atoms with Gasteiger partial charge in [-0.15, -0.1) is 0 Å². The molecule has 5 rings (SSSR count). The van der Waals surface area contributed by atoms with Crippen molar-refractivity contribution in [3.05, 3.63) is 101 Å². The fourth-order valence-electron chi connectivity index (χ4n) is 5.33. The van der Waals surface area contributed by atoms with Crippen LogP contribution in [0.2, 0.25) is 0 Å². The molecule has 2 amide bonds. The van der Waals surface area contributed by atoms with E-state index in [9.17, 15) is 19.2 Å². The highest BCUT2D eigenvalue weighted by molar-refractivity contribution is 5.80. The van der Waals surface area contributed by atoms with Crippen molar-refractivity contribution in [1.29, 1.82) is 0 Å². The van der Waals surface area contributed by atoms with Crippen LogP contribution in [0.4, 0.5) is 4.79 Å². The van der Waals surface area contributed by atoms with E-state index < -0.39 is 18.1 Å². The number of aromatic nitrogens is 2. The molecule has 1 atom stereocenters. The normalized spacial score (nSPS) is 13.3. The zero-order valence-electron chi connectivity index (χ0n) is 25.8. The number of benzene rings is 3. The molecule has 0 radical (unpaired) electrons. The van der Waals surface area contributed by atoms with Crippen LogP contribution in [0.15, 0.2) is 78.9 Å². The average molecular weight is 628 g/mol. The van der Waals surface area contributed by atoms with Crippen LogP contribution in [0.5, 0.6) is 0 Å². The largest absolute Gasteiger partial charge is 0.480 e. The number of carbonyl (C=O) groups is 4. The van der Waals surface area contributed by atoms with E-state index in [1.807, 2.05) is 59.5 Å². The number of carboxylic acids is 1. The topological polar surface area (TPSA) is 168 Å². The second-order valence-electron chi connectivity index (χ2n) is 11.3. The summed E-state index contributed by atoms with van der Waals surface area (Å²) in [5.41, 5.74) is 9.55. The number of aromatic amines is 1. The Kier molecular flexibility index (Phi) is 12.8. The molecule has 0 aliphatic heterocycles. The van der Waals surface area contributed by atoms with Gasteiger partial charge in [-0.2, -0.15) is 0 Å². The molecule has 0 saturated heterocycles.